The first-order chi connectivity index (χ1) is 72.4. The summed E-state index contributed by atoms with van der Waals surface area (Å²) in [5.74, 6) is 0. The van der Waals surface area contributed by atoms with E-state index in [4.69, 9.17) is 0 Å². The fourth-order valence-electron chi connectivity index (χ4n) is 20.4. The van der Waals surface area contributed by atoms with Crippen LogP contribution in [0.5, 0.6) is 0 Å². The lowest BCUT2D eigenvalue weighted by Gasteiger charge is -2.13. The molecule has 4 heterocycles. The molecule has 0 bridgehead atoms. The number of nitrogens with one attached hydrogen (secondary N) is 4. The number of fused-ring (bicyclic) bond motifs is 12. The van der Waals surface area contributed by atoms with Crippen molar-refractivity contribution in [2.75, 3.05) is 21.3 Å². The smallest absolute Gasteiger partial charge is 0.0541 e. The molecular formula is C138H100N8. The van der Waals surface area contributed by atoms with Gasteiger partial charge in [-0.25, -0.2) is 0 Å². The molecule has 27 aromatic rings. The Morgan fingerprint density at radius 3 is 0.630 bits per heavy atom. The van der Waals surface area contributed by atoms with Gasteiger partial charge in [0.05, 0.1) is 44.1 Å². The van der Waals surface area contributed by atoms with Crippen LogP contribution in [0.15, 0.2) is 582 Å². The SMILES string of the molecule is c1ccc(-c2ccc(Nc3ccc(-c4ccc5c(c4)c4ccccc4n5-c4ccccc4)cc3)cc2)cc1.c1ccc(-c2cccc(Nc3ccc(-c4ccc5c(c4)c4ccccc4n5-c4ccccc4)cc3)c2)cc1.c1ccc(-c2ccccc2Nc2ccc(-c3ccc4c(c3)c3ccccc3n4-c3ccccc3)cc2)cc1.c1ccc(Nc2ccc(-c3ccc4c(c3)c3ccccc3n4-c3ccccc3)cc2)cc1. The number of nitrogens with zero attached hydrogens (tertiary/aromatic N) is 4. The molecule has 23 aromatic carbocycles. The van der Waals surface area contributed by atoms with Gasteiger partial charge in [-0.15, -0.1) is 0 Å². The molecule has 0 fully saturated rings. The topological polar surface area (TPSA) is 67.8 Å². The average molecular weight is 1870 g/mol. The van der Waals surface area contributed by atoms with E-state index in [0.717, 1.165) is 45.5 Å². The lowest BCUT2D eigenvalue weighted by Crippen LogP contribution is -1.93. The molecule has 0 spiro atoms. The molecule has 0 unspecified atom stereocenters. The molecule has 8 heteroatoms. The van der Waals surface area contributed by atoms with Gasteiger partial charge in [0.2, 0.25) is 0 Å². The van der Waals surface area contributed by atoms with E-state index in [2.05, 4.69) is 592 Å². The van der Waals surface area contributed by atoms with Crippen molar-refractivity contribution in [3.8, 4) is 101 Å². The van der Waals surface area contributed by atoms with E-state index >= 15 is 0 Å². The highest BCUT2D eigenvalue weighted by molar-refractivity contribution is 6.14. The number of anilines is 8. The van der Waals surface area contributed by atoms with Crippen molar-refractivity contribution in [3.05, 3.63) is 582 Å². The maximum atomic E-state index is 3.62. The number of rotatable bonds is 19. The zero-order chi connectivity index (χ0) is 97.3. The summed E-state index contributed by atoms with van der Waals surface area (Å²) in [7, 11) is 0. The third-order valence-corrected chi connectivity index (χ3v) is 27.5. The molecule has 0 radical (unpaired) electrons. The Morgan fingerprint density at radius 1 is 0.110 bits per heavy atom. The van der Waals surface area contributed by atoms with Crippen LogP contribution in [0.25, 0.3) is 188 Å². The molecule has 146 heavy (non-hydrogen) atoms. The minimum absolute atomic E-state index is 1.07. The standard InChI is InChI=1S/3C36H26N2.C30H22N2/c1-3-11-27(12-4-1)31-15-7-9-17-34(31)37-29-22-19-26(20-23-29)28-21-24-36-33(25-28)32-16-8-10-18-35(32)38(36)30-13-5-2-6-14-30;1-3-10-26(11-4-1)28-12-9-13-31(24-28)37-30-21-18-27(19-22-30)29-20-23-36-34(25-29)33-16-7-8-17-35(33)38(36)32-14-5-2-6-15-32;1-3-9-26(10-4-1)27-15-20-30(21-16-27)37-31-22-17-28(18-23-31)29-19-24-36-34(25-29)33-13-7-8-14-35(33)38(36)32-11-5-2-6-12-32;1-3-9-24(10-4-1)31-25-18-15-22(16-19-25)23-17-20-30-28(21-23)27-13-7-8-14-29(27)32(30)26-11-5-2-6-12-26/h3*1-25,37H;1-21,31H. The maximum absolute atomic E-state index is 3.62. The van der Waals surface area contributed by atoms with E-state index in [0.29, 0.717) is 0 Å². The van der Waals surface area contributed by atoms with E-state index in [1.165, 1.54) is 188 Å². The van der Waals surface area contributed by atoms with E-state index in [-0.39, 0.29) is 0 Å². The first-order valence-electron chi connectivity index (χ1n) is 49.7. The van der Waals surface area contributed by atoms with E-state index in [9.17, 15) is 0 Å². The molecule has 0 amide bonds. The summed E-state index contributed by atoms with van der Waals surface area (Å²) in [5.41, 5.74) is 40.1. The summed E-state index contributed by atoms with van der Waals surface area (Å²) in [6, 6.07) is 206. The molecule has 27 rings (SSSR count). The normalized spacial score (nSPS) is 11.2. The van der Waals surface area contributed by atoms with Crippen LogP contribution in [0.2, 0.25) is 0 Å². The summed E-state index contributed by atoms with van der Waals surface area (Å²) in [6.45, 7) is 0. The molecule has 8 nitrogen and oxygen atoms in total. The fraction of sp³-hybridized carbons (Fsp3) is 0. The minimum Gasteiger partial charge on any atom is -0.356 e. The first kappa shape index (κ1) is 89.1. The highest BCUT2D eigenvalue weighted by Gasteiger charge is 2.20. The Labute approximate surface area is 849 Å². The maximum Gasteiger partial charge on any atom is 0.0541 e. The second-order valence-corrected chi connectivity index (χ2v) is 36.7. The molecular weight excluding hydrogens is 1770 g/mol. The van der Waals surface area contributed by atoms with Crippen LogP contribution < -0.4 is 21.3 Å². The molecule has 692 valence electrons. The number of hydrogen-bond acceptors (Lipinski definition) is 4. The Bertz CT molecular complexity index is 9250. The largest absolute Gasteiger partial charge is 0.356 e. The molecule has 0 aliphatic rings. The van der Waals surface area contributed by atoms with Crippen LogP contribution in [0.1, 0.15) is 0 Å². The van der Waals surface area contributed by atoms with Gasteiger partial charge in [-0.1, -0.05) is 370 Å². The van der Waals surface area contributed by atoms with Crippen molar-refractivity contribution >= 4 is 133 Å². The Kier molecular flexibility index (Phi) is 24.9. The highest BCUT2D eigenvalue weighted by atomic mass is 15.0. The summed E-state index contributed by atoms with van der Waals surface area (Å²) in [4.78, 5) is 0. The van der Waals surface area contributed by atoms with Crippen molar-refractivity contribution in [1.82, 2.24) is 18.3 Å². The first-order valence-corrected chi connectivity index (χ1v) is 49.7. The van der Waals surface area contributed by atoms with Crippen molar-refractivity contribution < 1.29 is 0 Å². The molecule has 0 aliphatic heterocycles. The molecule has 0 atom stereocenters. The van der Waals surface area contributed by atoms with Crippen molar-refractivity contribution in [3.63, 3.8) is 0 Å². The van der Waals surface area contributed by atoms with Crippen LogP contribution in [0.4, 0.5) is 45.5 Å². The van der Waals surface area contributed by atoms with Gasteiger partial charge < -0.3 is 39.5 Å². The Hall–Kier alpha value is -19.5. The summed E-state index contributed by atoms with van der Waals surface area (Å²) in [5, 5.41) is 24.3. The van der Waals surface area contributed by atoms with Gasteiger partial charge in [0.15, 0.2) is 0 Å². The van der Waals surface area contributed by atoms with Crippen LogP contribution in [-0.4, -0.2) is 18.3 Å². The predicted octanol–water partition coefficient (Wildman–Crippen LogP) is 37.8. The van der Waals surface area contributed by atoms with Gasteiger partial charge in [-0.3, -0.25) is 0 Å². The van der Waals surface area contributed by atoms with Gasteiger partial charge in [-0.2, -0.15) is 0 Å². The summed E-state index contributed by atoms with van der Waals surface area (Å²) in [6.07, 6.45) is 0. The molecule has 0 aliphatic carbocycles. The van der Waals surface area contributed by atoms with Crippen LogP contribution >= 0.6 is 0 Å². The molecule has 4 N–H and O–H groups in total. The molecule has 0 saturated carbocycles. The number of hydrogen-bond donors (Lipinski definition) is 4. The van der Waals surface area contributed by atoms with Gasteiger partial charge in [-0.05, 0) is 285 Å². The predicted molar refractivity (Wildman–Crippen MR) is 620 cm³/mol. The summed E-state index contributed by atoms with van der Waals surface area (Å²) < 4.78 is 9.41. The van der Waals surface area contributed by atoms with Crippen molar-refractivity contribution in [2.45, 2.75) is 0 Å². The second-order valence-electron chi connectivity index (χ2n) is 36.7. The van der Waals surface area contributed by atoms with Crippen molar-refractivity contribution in [1.29, 1.82) is 0 Å². The van der Waals surface area contributed by atoms with Crippen LogP contribution in [0.3, 0.4) is 0 Å². The fourth-order valence-corrected chi connectivity index (χ4v) is 20.4. The van der Waals surface area contributed by atoms with Crippen LogP contribution in [0, 0.1) is 0 Å². The Balaban J connectivity index is 0.000000105. The average Bonchev–Trinajstić information content (AvgIpc) is 1.61. The second kappa shape index (κ2) is 40.7. The van der Waals surface area contributed by atoms with E-state index < -0.39 is 0 Å². The highest BCUT2D eigenvalue weighted by Crippen LogP contribution is 2.43. The third-order valence-electron chi connectivity index (χ3n) is 27.5. The van der Waals surface area contributed by atoms with Crippen molar-refractivity contribution in [2.24, 2.45) is 0 Å². The number of aromatic nitrogens is 4. The third kappa shape index (κ3) is 18.6. The lowest BCUT2D eigenvalue weighted by atomic mass is 10.0. The van der Waals surface area contributed by atoms with Crippen LogP contribution in [-0.2, 0) is 0 Å². The quantitative estimate of drug-likeness (QED) is 0.0651. The zero-order valence-corrected chi connectivity index (χ0v) is 80.2. The molecule has 0 saturated heterocycles. The number of benzene rings is 23. The Morgan fingerprint density at radius 2 is 0.308 bits per heavy atom. The van der Waals surface area contributed by atoms with Gasteiger partial charge in [0, 0.05) is 117 Å². The monoisotopic (exact) mass is 1870 g/mol. The molecule has 4 aromatic heterocycles. The van der Waals surface area contributed by atoms with E-state index in [1.807, 2.05) is 30.3 Å². The van der Waals surface area contributed by atoms with Gasteiger partial charge >= 0.3 is 0 Å². The van der Waals surface area contributed by atoms with Gasteiger partial charge in [0.1, 0.15) is 0 Å². The number of para-hydroxylation sites is 10. The minimum atomic E-state index is 1.07. The lowest BCUT2D eigenvalue weighted by molar-refractivity contribution is 1.18. The van der Waals surface area contributed by atoms with Gasteiger partial charge in [0.25, 0.3) is 0 Å². The zero-order valence-electron chi connectivity index (χ0n) is 80.2. The summed E-state index contributed by atoms with van der Waals surface area (Å²) >= 11 is 0. The van der Waals surface area contributed by atoms with E-state index in [1.54, 1.807) is 0 Å².